The lowest BCUT2D eigenvalue weighted by molar-refractivity contribution is -0.119. The van der Waals surface area contributed by atoms with Crippen molar-refractivity contribution in [3.63, 3.8) is 0 Å². The average Bonchev–Trinajstić information content (AvgIpc) is 3.35. The van der Waals surface area contributed by atoms with Crippen LogP contribution in [-0.2, 0) is 11.2 Å². The van der Waals surface area contributed by atoms with Crippen molar-refractivity contribution in [1.29, 1.82) is 0 Å². The van der Waals surface area contributed by atoms with E-state index in [-0.39, 0.29) is 18.1 Å². The third kappa shape index (κ3) is 4.20. The van der Waals surface area contributed by atoms with Crippen molar-refractivity contribution in [2.75, 3.05) is 5.32 Å². The molecule has 10 heteroatoms. The zero-order valence-electron chi connectivity index (χ0n) is 15.9. The van der Waals surface area contributed by atoms with Gasteiger partial charge in [-0.1, -0.05) is 35.9 Å². The van der Waals surface area contributed by atoms with Crippen LogP contribution in [-0.4, -0.2) is 35.9 Å². The predicted octanol–water partition coefficient (Wildman–Crippen LogP) is 3.38. The monoisotopic (exact) mass is 425 g/mol. The SMILES string of the molecule is Cc1nnnn1C(Cc1cccc(F)c1)C(=O)Nc1cnn(-c2ccccc2Cl)c1. The van der Waals surface area contributed by atoms with Gasteiger partial charge in [0, 0.05) is 6.42 Å². The van der Waals surface area contributed by atoms with Crippen LogP contribution in [0.3, 0.4) is 0 Å². The largest absolute Gasteiger partial charge is 0.322 e. The molecule has 1 N–H and O–H groups in total. The van der Waals surface area contributed by atoms with Crippen LogP contribution in [0, 0.1) is 12.7 Å². The Hall–Kier alpha value is -3.59. The molecule has 0 radical (unpaired) electrons. The van der Waals surface area contributed by atoms with Gasteiger partial charge in [-0.2, -0.15) is 5.10 Å². The highest BCUT2D eigenvalue weighted by Crippen LogP contribution is 2.22. The lowest BCUT2D eigenvalue weighted by Gasteiger charge is -2.17. The first kappa shape index (κ1) is 19.7. The number of amides is 1. The second-order valence-corrected chi connectivity index (χ2v) is 7.04. The van der Waals surface area contributed by atoms with Gasteiger partial charge in [-0.15, -0.1) is 5.10 Å². The molecular weight excluding hydrogens is 409 g/mol. The van der Waals surface area contributed by atoms with Crippen molar-refractivity contribution in [1.82, 2.24) is 30.0 Å². The number of nitrogens with one attached hydrogen (secondary N) is 1. The van der Waals surface area contributed by atoms with Crippen molar-refractivity contribution in [3.05, 3.63) is 83.2 Å². The molecule has 0 saturated carbocycles. The Kier molecular flexibility index (Phi) is 5.53. The molecule has 0 aliphatic heterocycles. The maximum Gasteiger partial charge on any atom is 0.249 e. The van der Waals surface area contributed by atoms with E-state index in [2.05, 4.69) is 25.9 Å². The quantitative estimate of drug-likeness (QED) is 0.511. The van der Waals surface area contributed by atoms with E-state index in [1.165, 1.54) is 23.0 Å². The smallest absolute Gasteiger partial charge is 0.249 e. The Bertz CT molecular complexity index is 1190. The van der Waals surface area contributed by atoms with Gasteiger partial charge in [-0.05, 0) is 47.2 Å². The molecule has 2 aromatic heterocycles. The third-order valence-electron chi connectivity index (χ3n) is 4.52. The number of anilines is 1. The highest BCUT2D eigenvalue weighted by atomic mass is 35.5. The number of benzene rings is 2. The van der Waals surface area contributed by atoms with Gasteiger partial charge in [0.1, 0.15) is 17.7 Å². The minimum absolute atomic E-state index is 0.216. The Morgan fingerprint density at radius 1 is 1.23 bits per heavy atom. The summed E-state index contributed by atoms with van der Waals surface area (Å²) in [6.45, 7) is 1.70. The second-order valence-electron chi connectivity index (χ2n) is 6.63. The number of hydrogen-bond acceptors (Lipinski definition) is 5. The zero-order valence-corrected chi connectivity index (χ0v) is 16.7. The number of carbonyl (C=O) groups is 1. The van der Waals surface area contributed by atoms with Gasteiger partial charge < -0.3 is 5.32 Å². The number of nitrogens with zero attached hydrogens (tertiary/aromatic N) is 6. The normalized spacial score (nSPS) is 12.0. The van der Waals surface area contributed by atoms with Crippen LogP contribution in [0.5, 0.6) is 0 Å². The molecule has 0 aliphatic carbocycles. The van der Waals surface area contributed by atoms with Gasteiger partial charge in [0.2, 0.25) is 5.91 Å². The van der Waals surface area contributed by atoms with Crippen molar-refractivity contribution in [3.8, 4) is 5.69 Å². The zero-order chi connectivity index (χ0) is 21.1. The number of para-hydroxylation sites is 1. The van der Waals surface area contributed by atoms with Crippen LogP contribution in [0.2, 0.25) is 5.02 Å². The summed E-state index contributed by atoms with van der Waals surface area (Å²) >= 11 is 6.21. The van der Waals surface area contributed by atoms with Crippen LogP contribution in [0.25, 0.3) is 5.69 Å². The molecule has 2 aromatic carbocycles. The Balaban J connectivity index is 1.58. The first-order chi connectivity index (χ1) is 14.5. The molecule has 4 rings (SSSR count). The summed E-state index contributed by atoms with van der Waals surface area (Å²) in [5, 5.41) is 19.0. The maximum atomic E-state index is 13.6. The summed E-state index contributed by atoms with van der Waals surface area (Å²) < 4.78 is 16.6. The van der Waals surface area contributed by atoms with E-state index in [9.17, 15) is 9.18 Å². The maximum absolute atomic E-state index is 13.6. The molecule has 8 nitrogen and oxygen atoms in total. The van der Waals surface area contributed by atoms with Gasteiger partial charge in [0.15, 0.2) is 0 Å². The van der Waals surface area contributed by atoms with E-state index < -0.39 is 6.04 Å². The molecule has 152 valence electrons. The number of halogens is 2. The van der Waals surface area contributed by atoms with Crippen molar-refractivity contribution in [2.45, 2.75) is 19.4 Å². The first-order valence-corrected chi connectivity index (χ1v) is 9.48. The Morgan fingerprint density at radius 2 is 2.07 bits per heavy atom. The molecule has 1 amide bonds. The van der Waals surface area contributed by atoms with Gasteiger partial charge in [0.05, 0.1) is 28.8 Å². The van der Waals surface area contributed by atoms with Crippen LogP contribution in [0.1, 0.15) is 17.4 Å². The number of hydrogen-bond donors (Lipinski definition) is 1. The number of aromatic nitrogens is 6. The standard InChI is InChI=1S/C20H17ClFN7O/c1-13-25-26-27-29(13)19(10-14-5-4-6-15(22)9-14)20(30)24-16-11-23-28(12-16)18-8-3-2-7-17(18)21/h2-9,11-12,19H,10H2,1H3,(H,24,30). The van der Waals surface area contributed by atoms with Crippen molar-refractivity contribution >= 4 is 23.2 Å². The van der Waals surface area contributed by atoms with E-state index in [0.29, 0.717) is 27.8 Å². The lowest BCUT2D eigenvalue weighted by Crippen LogP contribution is -2.29. The molecule has 0 aliphatic rings. The Morgan fingerprint density at radius 3 is 2.80 bits per heavy atom. The van der Waals surface area contributed by atoms with Crippen molar-refractivity contribution < 1.29 is 9.18 Å². The number of aryl methyl sites for hydroxylation is 1. The van der Waals surface area contributed by atoms with E-state index in [1.54, 1.807) is 36.0 Å². The molecule has 1 atom stereocenters. The summed E-state index contributed by atoms with van der Waals surface area (Å²) in [7, 11) is 0. The number of rotatable bonds is 6. The number of carbonyl (C=O) groups excluding carboxylic acids is 1. The highest BCUT2D eigenvalue weighted by Gasteiger charge is 2.25. The average molecular weight is 426 g/mol. The van der Waals surface area contributed by atoms with E-state index >= 15 is 0 Å². The lowest BCUT2D eigenvalue weighted by atomic mass is 10.0. The molecule has 30 heavy (non-hydrogen) atoms. The van der Waals surface area contributed by atoms with Gasteiger partial charge >= 0.3 is 0 Å². The third-order valence-corrected chi connectivity index (χ3v) is 4.84. The van der Waals surface area contributed by atoms with Crippen LogP contribution in [0.4, 0.5) is 10.1 Å². The first-order valence-electron chi connectivity index (χ1n) is 9.10. The Labute approximate surface area is 176 Å². The van der Waals surface area contributed by atoms with E-state index in [1.807, 2.05) is 18.2 Å². The molecule has 0 saturated heterocycles. The summed E-state index contributed by atoms with van der Waals surface area (Å²) in [6, 6.07) is 12.5. The van der Waals surface area contributed by atoms with E-state index in [4.69, 9.17) is 11.6 Å². The minimum Gasteiger partial charge on any atom is -0.322 e. The molecule has 2 heterocycles. The van der Waals surface area contributed by atoms with Crippen molar-refractivity contribution in [2.24, 2.45) is 0 Å². The fourth-order valence-corrected chi connectivity index (χ4v) is 3.31. The summed E-state index contributed by atoms with van der Waals surface area (Å²) in [6.07, 6.45) is 3.39. The molecule has 4 aromatic rings. The van der Waals surface area contributed by atoms with Gasteiger partial charge in [0.25, 0.3) is 0 Å². The molecule has 0 fully saturated rings. The summed E-state index contributed by atoms with van der Waals surface area (Å²) in [4.78, 5) is 13.1. The fourth-order valence-electron chi connectivity index (χ4n) is 3.09. The highest BCUT2D eigenvalue weighted by molar-refractivity contribution is 6.32. The molecule has 0 spiro atoms. The van der Waals surface area contributed by atoms with Crippen LogP contribution < -0.4 is 5.32 Å². The summed E-state index contributed by atoms with van der Waals surface area (Å²) in [5.74, 6) is -0.257. The van der Waals surface area contributed by atoms with Gasteiger partial charge in [-0.25, -0.2) is 13.8 Å². The topological polar surface area (TPSA) is 90.5 Å². The van der Waals surface area contributed by atoms with Crippen LogP contribution in [0.15, 0.2) is 60.9 Å². The van der Waals surface area contributed by atoms with E-state index in [0.717, 1.165) is 0 Å². The fraction of sp³-hybridized carbons (Fsp3) is 0.150. The summed E-state index contributed by atoms with van der Waals surface area (Å²) in [5.41, 5.74) is 1.82. The molecule has 1 unspecified atom stereocenters. The minimum atomic E-state index is -0.773. The predicted molar refractivity (Wildman–Crippen MR) is 109 cm³/mol. The molecule has 0 bridgehead atoms. The van der Waals surface area contributed by atoms with Gasteiger partial charge in [-0.3, -0.25) is 4.79 Å². The van der Waals surface area contributed by atoms with Crippen LogP contribution >= 0.6 is 11.6 Å². The number of tetrazole rings is 1. The molecular formula is C20H17ClFN7O. The second kappa shape index (κ2) is 8.42.